The van der Waals surface area contributed by atoms with Crippen LogP contribution in [0.4, 0.5) is 19.0 Å². The molecule has 200 valence electrons. The molecule has 4 aliphatic rings. The number of amides is 1. The lowest BCUT2D eigenvalue weighted by molar-refractivity contribution is -0.146. The Morgan fingerprint density at radius 1 is 1.25 bits per heavy atom. The number of nitrogens with one attached hydrogen (secondary N) is 1. The summed E-state index contributed by atoms with van der Waals surface area (Å²) in [4.78, 5) is 25.4. The Balaban J connectivity index is 1.26. The van der Waals surface area contributed by atoms with Crippen LogP contribution < -0.4 is 10.2 Å². The van der Waals surface area contributed by atoms with Gasteiger partial charge < -0.3 is 24.6 Å². The normalized spacial score (nSPS) is 34.7. The molecule has 1 aliphatic carbocycles. The zero-order valence-corrected chi connectivity index (χ0v) is 21.1. The smallest absolute Gasteiger partial charge is 0.379 e. The van der Waals surface area contributed by atoms with E-state index in [1.54, 1.807) is 7.11 Å². The molecule has 8 nitrogen and oxygen atoms in total. The average molecular weight is 512 g/mol. The molecule has 0 radical (unpaired) electrons. The van der Waals surface area contributed by atoms with Crippen molar-refractivity contribution in [3.63, 3.8) is 0 Å². The number of halogens is 3. The number of alkyl halides is 3. The van der Waals surface area contributed by atoms with Crippen LogP contribution in [0.25, 0.3) is 0 Å². The second kappa shape index (κ2) is 9.72. The van der Waals surface area contributed by atoms with Gasteiger partial charge in [-0.25, -0.2) is 9.97 Å². The average Bonchev–Trinajstić information content (AvgIpc) is 3.58. The third-order valence-electron chi connectivity index (χ3n) is 8.88. The number of nitrogens with zero attached hydrogens (tertiary/aromatic N) is 4. The van der Waals surface area contributed by atoms with Gasteiger partial charge in [-0.05, 0) is 38.0 Å². The maximum atomic E-state index is 14.0. The SMILES string of the molecule is COC1COCCC1NC1CC[C@@](C(=O)N2CC3CC2CN3c2cc(C(F)(F)F)ncn2)(C(C)C)C1. The third kappa shape index (κ3) is 4.58. The first-order valence-corrected chi connectivity index (χ1v) is 13.0. The second-order valence-corrected chi connectivity index (χ2v) is 11.1. The predicted octanol–water partition coefficient (Wildman–Crippen LogP) is 2.87. The molecule has 5 unspecified atom stereocenters. The van der Waals surface area contributed by atoms with Crippen LogP contribution in [0.3, 0.4) is 0 Å². The minimum Gasteiger partial charge on any atom is -0.379 e. The fourth-order valence-corrected chi connectivity index (χ4v) is 6.76. The Hall–Kier alpha value is -1.98. The molecular weight excluding hydrogens is 475 g/mol. The maximum Gasteiger partial charge on any atom is 0.433 e. The van der Waals surface area contributed by atoms with Crippen molar-refractivity contribution >= 4 is 11.7 Å². The second-order valence-electron chi connectivity index (χ2n) is 11.1. The Kier molecular flexibility index (Phi) is 6.93. The summed E-state index contributed by atoms with van der Waals surface area (Å²) in [7, 11) is 1.71. The van der Waals surface area contributed by atoms with Crippen LogP contribution in [0.15, 0.2) is 12.4 Å². The van der Waals surface area contributed by atoms with Crippen LogP contribution in [0.1, 0.15) is 51.6 Å². The Morgan fingerprint density at radius 2 is 2.06 bits per heavy atom. The molecule has 4 fully saturated rings. The lowest BCUT2D eigenvalue weighted by atomic mass is 9.74. The molecule has 0 aromatic carbocycles. The fraction of sp³-hybridized carbons (Fsp3) is 0.800. The molecule has 6 atom stereocenters. The van der Waals surface area contributed by atoms with Crippen molar-refractivity contribution in [1.82, 2.24) is 20.2 Å². The monoisotopic (exact) mass is 511 g/mol. The molecule has 1 N–H and O–H groups in total. The number of aromatic nitrogens is 2. The van der Waals surface area contributed by atoms with Crippen molar-refractivity contribution in [1.29, 1.82) is 0 Å². The molecule has 3 aliphatic heterocycles. The topological polar surface area (TPSA) is 79.8 Å². The molecule has 2 bridgehead atoms. The number of likely N-dealkylation sites (tertiary alicyclic amines) is 1. The first-order chi connectivity index (χ1) is 17.1. The fourth-order valence-electron chi connectivity index (χ4n) is 6.76. The largest absolute Gasteiger partial charge is 0.433 e. The first kappa shape index (κ1) is 25.7. The summed E-state index contributed by atoms with van der Waals surface area (Å²) in [5.74, 6) is 0.670. The van der Waals surface area contributed by atoms with Gasteiger partial charge >= 0.3 is 6.18 Å². The Labute approximate surface area is 209 Å². The van der Waals surface area contributed by atoms with Crippen molar-refractivity contribution in [2.24, 2.45) is 11.3 Å². The highest BCUT2D eigenvalue weighted by Crippen LogP contribution is 2.48. The molecule has 0 spiro atoms. The number of hydrogen-bond acceptors (Lipinski definition) is 7. The summed E-state index contributed by atoms with van der Waals surface area (Å²) in [5.41, 5.74) is -1.37. The number of methoxy groups -OCH3 is 1. The highest BCUT2D eigenvalue weighted by molar-refractivity contribution is 5.84. The van der Waals surface area contributed by atoms with Gasteiger partial charge in [-0.15, -0.1) is 0 Å². The molecule has 36 heavy (non-hydrogen) atoms. The van der Waals surface area contributed by atoms with Gasteiger partial charge in [0.1, 0.15) is 17.8 Å². The highest BCUT2D eigenvalue weighted by atomic mass is 19.4. The van der Waals surface area contributed by atoms with Crippen molar-refractivity contribution in [3.8, 4) is 0 Å². The Bertz CT molecular complexity index is 963. The molecular formula is C25H36F3N5O3. The summed E-state index contributed by atoms with van der Waals surface area (Å²) in [5, 5.41) is 3.76. The van der Waals surface area contributed by atoms with Gasteiger partial charge in [-0.1, -0.05) is 13.8 Å². The summed E-state index contributed by atoms with van der Waals surface area (Å²) >= 11 is 0. The van der Waals surface area contributed by atoms with E-state index in [0.29, 0.717) is 26.3 Å². The van der Waals surface area contributed by atoms with Crippen LogP contribution in [0.2, 0.25) is 0 Å². The van der Waals surface area contributed by atoms with E-state index in [1.165, 1.54) is 0 Å². The van der Waals surface area contributed by atoms with E-state index in [0.717, 1.165) is 44.5 Å². The zero-order chi connectivity index (χ0) is 25.7. The van der Waals surface area contributed by atoms with E-state index in [-0.39, 0.29) is 47.9 Å². The summed E-state index contributed by atoms with van der Waals surface area (Å²) < 4.78 is 50.6. The van der Waals surface area contributed by atoms with Crippen LogP contribution in [-0.4, -0.2) is 84.5 Å². The molecule has 4 heterocycles. The van der Waals surface area contributed by atoms with Gasteiger partial charge in [0.2, 0.25) is 5.91 Å². The summed E-state index contributed by atoms with van der Waals surface area (Å²) in [6.07, 6.45) is 0.682. The zero-order valence-electron chi connectivity index (χ0n) is 21.1. The molecule has 1 aromatic heterocycles. The Morgan fingerprint density at radius 3 is 2.72 bits per heavy atom. The standard InChI is InChI=1S/C25H36F3N5O3/c1-15(2)24(6-4-16(10-24)31-19-5-7-36-13-20(19)35-3)23(34)33-12-17-8-18(33)11-32(17)22-9-21(25(26,27)28)29-14-30-22/h9,14-20,31H,4-8,10-13H2,1-3H3/t16?,17?,18?,19?,20?,24-/m0/s1. The minimum absolute atomic E-state index is 0.0113. The number of piperazine rings is 1. The quantitative estimate of drug-likeness (QED) is 0.629. The van der Waals surface area contributed by atoms with Gasteiger partial charge in [-0.2, -0.15) is 13.2 Å². The lowest BCUT2D eigenvalue weighted by Crippen LogP contribution is -2.55. The van der Waals surface area contributed by atoms with E-state index in [4.69, 9.17) is 9.47 Å². The van der Waals surface area contributed by atoms with Crippen molar-refractivity contribution in [3.05, 3.63) is 18.1 Å². The van der Waals surface area contributed by atoms with E-state index in [1.807, 2.05) is 9.80 Å². The number of anilines is 1. The van der Waals surface area contributed by atoms with E-state index >= 15 is 0 Å². The van der Waals surface area contributed by atoms with Crippen LogP contribution in [0, 0.1) is 11.3 Å². The van der Waals surface area contributed by atoms with E-state index in [2.05, 4.69) is 29.1 Å². The molecule has 3 saturated heterocycles. The highest BCUT2D eigenvalue weighted by Gasteiger charge is 2.55. The van der Waals surface area contributed by atoms with E-state index in [9.17, 15) is 18.0 Å². The van der Waals surface area contributed by atoms with Gasteiger partial charge in [0.15, 0.2) is 0 Å². The predicted molar refractivity (Wildman–Crippen MR) is 126 cm³/mol. The van der Waals surface area contributed by atoms with Crippen molar-refractivity contribution < 1.29 is 27.4 Å². The van der Waals surface area contributed by atoms with Crippen molar-refractivity contribution in [2.75, 3.05) is 38.3 Å². The minimum atomic E-state index is -4.51. The molecule has 1 amide bonds. The maximum absolute atomic E-state index is 14.0. The first-order valence-electron chi connectivity index (χ1n) is 13.0. The van der Waals surface area contributed by atoms with E-state index < -0.39 is 17.3 Å². The van der Waals surface area contributed by atoms with Crippen molar-refractivity contribution in [2.45, 2.75) is 82.4 Å². The van der Waals surface area contributed by atoms with Gasteiger partial charge in [0.05, 0.1) is 30.2 Å². The summed E-state index contributed by atoms with van der Waals surface area (Å²) in [6, 6.07) is 1.44. The van der Waals surface area contributed by atoms with Crippen LogP contribution in [0.5, 0.6) is 0 Å². The van der Waals surface area contributed by atoms with Gasteiger partial charge in [0, 0.05) is 45.0 Å². The number of carbonyl (C=O) groups is 1. The number of hydrogen-bond donors (Lipinski definition) is 1. The molecule has 1 aromatic rings. The summed E-state index contributed by atoms with van der Waals surface area (Å²) in [6.45, 7) is 6.58. The number of carbonyl (C=O) groups excluding carboxylic acids is 1. The van der Waals surface area contributed by atoms with Crippen LogP contribution in [-0.2, 0) is 20.4 Å². The number of fused-ring (bicyclic) bond motifs is 2. The van der Waals surface area contributed by atoms with Gasteiger partial charge in [0.25, 0.3) is 0 Å². The third-order valence-corrected chi connectivity index (χ3v) is 8.88. The lowest BCUT2D eigenvalue weighted by Gasteiger charge is -2.42. The molecule has 5 rings (SSSR count). The number of ether oxygens (including phenoxy) is 2. The molecule has 1 saturated carbocycles. The van der Waals surface area contributed by atoms with Crippen LogP contribution >= 0.6 is 0 Å². The molecule has 11 heteroatoms. The number of rotatable bonds is 6. The van der Waals surface area contributed by atoms with Gasteiger partial charge in [-0.3, -0.25) is 4.79 Å².